The highest BCUT2D eigenvalue weighted by molar-refractivity contribution is 9.10. The van der Waals surface area contributed by atoms with Crippen molar-refractivity contribution in [2.24, 2.45) is 0 Å². The van der Waals surface area contributed by atoms with Crippen LogP contribution >= 0.6 is 15.9 Å². The zero-order valence-electron chi connectivity index (χ0n) is 15.0. The summed E-state index contributed by atoms with van der Waals surface area (Å²) in [6.45, 7) is 5.59. The predicted octanol–water partition coefficient (Wildman–Crippen LogP) is 3.94. The lowest BCUT2D eigenvalue weighted by molar-refractivity contribution is 0.00398. The molecule has 2 aromatic heterocycles. The largest absolute Gasteiger partial charge is 0.376 e. The number of hydrogen-bond acceptors (Lipinski definition) is 5. The van der Waals surface area contributed by atoms with Gasteiger partial charge in [-0.15, -0.1) is 0 Å². The van der Waals surface area contributed by atoms with E-state index in [4.69, 9.17) is 19.6 Å². The van der Waals surface area contributed by atoms with Gasteiger partial charge in [0.05, 0.1) is 18.3 Å². The zero-order valence-corrected chi connectivity index (χ0v) is 16.6. The Morgan fingerprint density at radius 3 is 2.96 bits per heavy atom. The van der Waals surface area contributed by atoms with E-state index in [0.717, 1.165) is 47.4 Å². The maximum atomic E-state index is 5.90. The van der Waals surface area contributed by atoms with Crippen LogP contribution in [0.4, 0.5) is 0 Å². The number of ether oxygens (including phenoxy) is 2. The molecule has 1 saturated heterocycles. The van der Waals surface area contributed by atoms with E-state index in [1.807, 2.05) is 17.8 Å². The topological polar surface area (TPSA) is 62.1 Å². The van der Waals surface area contributed by atoms with Crippen LogP contribution in [-0.4, -0.2) is 39.6 Å². The molecular formula is C18H25BrN4O2. The molecule has 6 nitrogen and oxygen atoms in total. The number of methoxy groups -OCH3 is 1. The van der Waals surface area contributed by atoms with Crippen LogP contribution in [0.2, 0.25) is 0 Å². The Kier molecular flexibility index (Phi) is 6.19. The monoisotopic (exact) mass is 408 g/mol. The summed E-state index contributed by atoms with van der Waals surface area (Å²) in [5.41, 5.74) is 2.02. The second-order valence-electron chi connectivity index (χ2n) is 6.34. The van der Waals surface area contributed by atoms with E-state index in [2.05, 4.69) is 33.9 Å². The van der Waals surface area contributed by atoms with E-state index in [0.29, 0.717) is 12.4 Å². The molecule has 0 N–H and O–H groups in total. The molecule has 2 unspecified atom stereocenters. The van der Waals surface area contributed by atoms with E-state index in [-0.39, 0.29) is 12.2 Å². The molecule has 1 aliphatic rings. The molecule has 25 heavy (non-hydrogen) atoms. The maximum absolute atomic E-state index is 5.90. The van der Waals surface area contributed by atoms with E-state index in [1.54, 1.807) is 7.11 Å². The molecule has 0 aromatic carbocycles. The highest BCUT2D eigenvalue weighted by atomic mass is 79.9. The van der Waals surface area contributed by atoms with Crippen molar-refractivity contribution in [2.45, 2.75) is 58.3 Å². The van der Waals surface area contributed by atoms with Crippen LogP contribution in [0.3, 0.4) is 0 Å². The highest BCUT2D eigenvalue weighted by Gasteiger charge is 2.22. The Balaban J connectivity index is 2.01. The van der Waals surface area contributed by atoms with Gasteiger partial charge >= 0.3 is 0 Å². The molecular weight excluding hydrogens is 384 g/mol. The second-order valence-corrected chi connectivity index (χ2v) is 7.26. The Morgan fingerprint density at radius 1 is 1.44 bits per heavy atom. The summed E-state index contributed by atoms with van der Waals surface area (Å²) in [4.78, 5) is 9.32. The van der Waals surface area contributed by atoms with Crippen LogP contribution in [0, 0.1) is 0 Å². The number of rotatable bonds is 6. The molecule has 0 aliphatic carbocycles. The molecule has 3 rings (SSSR count). The smallest absolute Gasteiger partial charge is 0.179 e. The summed E-state index contributed by atoms with van der Waals surface area (Å²) < 4.78 is 14.2. The number of aromatic nitrogens is 4. The Labute approximate surface area is 157 Å². The third kappa shape index (κ3) is 4.27. The summed E-state index contributed by atoms with van der Waals surface area (Å²) >= 11 is 3.53. The summed E-state index contributed by atoms with van der Waals surface area (Å²) in [5, 5.41) is 4.71. The van der Waals surface area contributed by atoms with Gasteiger partial charge in [0.2, 0.25) is 0 Å². The predicted molar refractivity (Wildman–Crippen MR) is 99.3 cm³/mol. The van der Waals surface area contributed by atoms with Crippen molar-refractivity contribution in [1.82, 2.24) is 19.7 Å². The second kappa shape index (κ2) is 8.38. The molecule has 7 heteroatoms. The molecule has 0 spiro atoms. The Hall–Kier alpha value is -1.31. The Bertz CT molecular complexity index is 713. The van der Waals surface area contributed by atoms with Gasteiger partial charge in [-0.3, -0.25) is 4.98 Å². The zero-order chi connectivity index (χ0) is 17.8. The minimum atomic E-state index is -0.155. The van der Waals surface area contributed by atoms with Crippen molar-refractivity contribution in [1.29, 1.82) is 0 Å². The van der Waals surface area contributed by atoms with Crippen molar-refractivity contribution < 1.29 is 9.47 Å². The number of nitrogens with zero attached hydrogens (tertiary/aromatic N) is 4. The summed E-state index contributed by atoms with van der Waals surface area (Å²) in [6, 6.07) is 2.06. The maximum Gasteiger partial charge on any atom is 0.179 e. The standard InChI is InChI=1S/C18H25BrN4O2/c1-4-16-15(9-13(19)10-20-16)18-21-17(12(2)24-3)22-23(18)11-14-7-5-6-8-25-14/h9-10,12,14H,4-8,11H2,1-3H3. The van der Waals surface area contributed by atoms with Crippen LogP contribution in [0.5, 0.6) is 0 Å². The third-order valence-electron chi connectivity index (χ3n) is 4.57. The van der Waals surface area contributed by atoms with Gasteiger partial charge < -0.3 is 9.47 Å². The first kappa shape index (κ1) is 18.5. The normalized spacial score (nSPS) is 19.1. The highest BCUT2D eigenvalue weighted by Crippen LogP contribution is 2.27. The Morgan fingerprint density at radius 2 is 2.28 bits per heavy atom. The van der Waals surface area contributed by atoms with Gasteiger partial charge in [-0.1, -0.05) is 6.92 Å². The van der Waals surface area contributed by atoms with Crippen LogP contribution in [-0.2, 0) is 22.4 Å². The molecule has 1 aliphatic heterocycles. The van der Waals surface area contributed by atoms with Crippen LogP contribution in [0.1, 0.15) is 50.7 Å². The van der Waals surface area contributed by atoms with Gasteiger partial charge in [0, 0.05) is 29.9 Å². The lowest BCUT2D eigenvalue weighted by atomic mass is 10.1. The van der Waals surface area contributed by atoms with Crippen molar-refractivity contribution in [3.8, 4) is 11.4 Å². The van der Waals surface area contributed by atoms with Gasteiger partial charge in [-0.25, -0.2) is 9.67 Å². The number of aryl methyl sites for hydroxylation is 1. The molecule has 0 bridgehead atoms. The molecule has 0 amide bonds. The molecule has 1 fully saturated rings. The molecule has 0 radical (unpaired) electrons. The van der Waals surface area contributed by atoms with Gasteiger partial charge in [0.25, 0.3) is 0 Å². The molecule has 0 saturated carbocycles. The number of pyridine rings is 1. The molecule has 2 atom stereocenters. The van der Waals surface area contributed by atoms with E-state index < -0.39 is 0 Å². The molecule has 2 aromatic rings. The fourth-order valence-electron chi connectivity index (χ4n) is 3.05. The van der Waals surface area contributed by atoms with Crippen molar-refractivity contribution >= 4 is 15.9 Å². The van der Waals surface area contributed by atoms with Crippen LogP contribution < -0.4 is 0 Å². The third-order valence-corrected chi connectivity index (χ3v) is 5.00. The van der Waals surface area contributed by atoms with E-state index in [9.17, 15) is 0 Å². The number of halogens is 1. The average Bonchev–Trinajstić information content (AvgIpc) is 3.05. The SMILES string of the molecule is CCc1ncc(Br)cc1-c1nc(C(C)OC)nn1CC1CCCCO1. The summed E-state index contributed by atoms with van der Waals surface area (Å²) in [7, 11) is 1.67. The quantitative estimate of drug-likeness (QED) is 0.723. The molecule has 3 heterocycles. The van der Waals surface area contributed by atoms with Crippen molar-refractivity contribution in [3.05, 3.63) is 28.3 Å². The average molecular weight is 409 g/mol. The van der Waals surface area contributed by atoms with Gasteiger partial charge in [-0.2, -0.15) is 5.10 Å². The van der Waals surface area contributed by atoms with Crippen molar-refractivity contribution in [2.75, 3.05) is 13.7 Å². The fraction of sp³-hybridized carbons (Fsp3) is 0.611. The van der Waals surface area contributed by atoms with Gasteiger partial charge in [0.1, 0.15) is 6.10 Å². The fourth-order valence-corrected chi connectivity index (χ4v) is 3.38. The first-order chi connectivity index (χ1) is 12.1. The van der Waals surface area contributed by atoms with Crippen LogP contribution in [0.25, 0.3) is 11.4 Å². The summed E-state index contributed by atoms with van der Waals surface area (Å²) in [5.74, 6) is 1.52. The van der Waals surface area contributed by atoms with Crippen LogP contribution in [0.15, 0.2) is 16.7 Å². The number of hydrogen-bond donors (Lipinski definition) is 0. The first-order valence-corrected chi connectivity index (χ1v) is 9.65. The lowest BCUT2D eigenvalue weighted by Gasteiger charge is -2.23. The minimum absolute atomic E-state index is 0.155. The minimum Gasteiger partial charge on any atom is -0.376 e. The summed E-state index contributed by atoms with van der Waals surface area (Å²) in [6.07, 6.45) is 6.10. The van der Waals surface area contributed by atoms with Crippen molar-refractivity contribution in [3.63, 3.8) is 0 Å². The van der Waals surface area contributed by atoms with Gasteiger partial charge in [-0.05, 0) is 54.6 Å². The van der Waals surface area contributed by atoms with E-state index >= 15 is 0 Å². The van der Waals surface area contributed by atoms with E-state index in [1.165, 1.54) is 6.42 Å². The first-order valence-electron chi connectivity index (χ1n) is 8.86. The molecule has 136 valence electrons. The lowest BCUT2D eigenvalue weighted by Crippen LogP contribution is -2.25. The van der Waals surface area contributed by atoms with Gasteiger partial charge in [0.15, 0.2) is 11.6 Å².